The molecular formula is C18H20N2O. The van der Waals surface area contributed by atoms with Gasteiger partial charge >= 0.3 is 0 Å². The molecule has 0 saturated heterocycles. The lowest BCUT2D eigenvalue weighted by Crippen LogP contribution is -2.10. The summed E-state index contributed by atoms with van der Waals surface area (Å²) in [5.41, 5.74) is 9.42. The van der Waals surface area contributed by atoms with Crippen LogP contribution in [0.4, 0.5) is 5.69 Å². The van der Waals surface area contributed by atoms with Gasteiger partial charge in [0.05, 0.1) is 17.3 Å². The summed E-state index contributed by atoms with van der Waals surface area (Å²) in [7, 11) is 0. The van der Waals surface area contributed by atoms with Gasteiger partial charge in [-0.3, -0.25) is 0 Å². The first-order chi connectivity index (χ1) is 9.90. The zero-order chi connectivity index (χ0) is 15.5. The Bertz CT molecular complexity index is 661. The third-order valence-corrected chi connectivity index (χ3v) is 3.35. The van der Waals surface area contributed by atoms with E-state index in [2.05, 4.69) is 51.1 Å². The molecule has 2 aromatic carbocycles. The van der Waals surface area contributed by atoms with Crippen molar-refractivity contribution in [3.8, 4) is 11.8 Å². The monoisotopic (exact) mass is 280 g/mol. The number of nitriles is 1. The molecule has 2 aromatic rings. The second-order valence-corrected chi connectivity index (χ2v) is 6.10. The molecule has 21 heavy (non-hydrogen) atoms. The van der Waals surface area contributed by atoms with Gasteiger partial charge in [-0.05, 0) is 34.7 Å². The molecule has 3 heteroatoms. The normalized spacial score (nSPS) is 11.0. The molecule has 0 aliphatic rings. The number of nitrogens with zero attached hydrogens (tertiary/aromatic N) is 1. The van der Waals surface area contributed by atoms with E-state index in [9.17, 15) is 0 Å². The zero-order valence-electron chi connectivity index (χ0n) is 12.7. The number of benzene rings is 2. The van der Waals surface area contributed by atoms with Gasteiger partial charge in [0.1, 0.15) is 12.4 Å². The molecule has 108 valence electrons. The maximum Gasteiger partial charge on any atom is 0.142 e. The smallest absolute Gasteiger partial charge is 0.142 e. The van der Waals surface area contributed by atoms with Crippen LogP contribution < -0.4 is 10.5 Å². The van der Waals surface area contributed by atoms with Gasteiger partial charge < -0.3 is 10.5 Å². The molecule has 2 N–H and O–H groups in total. The second-order valence-electron chi connectivity index (χ2n) is 6.10. The van der Waals surface area contributed by atoms with Crippen molar-refractivity contribution in [1.82, 2.24) is 0 Å². The number of rotatable bonds is 3. The van der Waals surface area contributed by atoms with E-state index in [-0.39, 0.29) is 5.41 Å². The summed E-state index contributed by atoms with van der Waals surface area (Å²) >= 11 is 0. The molecule has 0 radical (unpaired) electrons. The van der Waals surface area contributed by atoms with Crippen molar-refractivity contribution < 1.29 is 4.74 Å². The van der Waals surface area contributed by atoms with Gasteiger partial charge in [0, 0.05) is 0 Å². The lowest BCUT2D eigenvalue weighted by molar-refractivity contribution is 0.308. The van der Waals surface area contributed by atoms with Crippen molar-refractivity contribution in [2.75, 3.05) is 5.73 Å². The van der Waals surface area contributed by atoms with E-state index in [0.29, 0.717) is 23.6 Å². The molecule has 2 rings (SSSR count). The van der Waals surface area contributed by atoms with Gasteiger partial charge in [0.25, 0.3) is 0 Å². The van der Waals surface area contributed by atoms with Crippen LogP contribution in [0.3, 0.4) is 0 Å². The Morgan fingerprint density at radius 2 is 1.76 bits per heavy atom. The van der Waals surface area contributed by atoms with E-state index < -0.39 is 0 Å². The number of anilines is 1. The van der Waals surface area contributed by atoms with Crippen molar-refractivity contribution in [3.05, 3.63) is 59.2 Å². The van der Waals surface area contributed by atoms with Gasteiger partial charge in [-0.1, -0.05) is 45.0 Å². The van der Waals surface area contributed by atoms with Gasteiger partial charge in [0.15, 0.2) is 0 Å². The highest BCUT2D eigenvalue weighted by Gasteiger charge is 2.12. The Morgan fingerprint density at radius 1 is 1.10 bits per heavy atom. The standard InChI is InChI=1S/C18H20N2O/c1-18(2,3)15-7-4-13(5-8-15)12-21-17-9-6-14(11-19)10-16(17)20/h4-10H,12,20H2,1-3H3. The Kier molecular flexibility index (Phi) is 4.18. The van der Waals surface area contributed by atoms with E-state index in [1.54, 1.807) is 18.2 Å². The molecular weight excluding hydrogens is 260 g/mol. The lowest BCUT2D eigenvalue weighted by Gasteiger charge is -2.19. The highest BCUT2D eigenvalue weighted by Crippen LogP contribution is 2.25. The summed E-state index contributed by atoms with van der Waals surface area (Å²) < 4.78 is 5.71. The van der Waals surface area contributed by atoms with Crippen molar-refractivity contribution >= 4 is 5.69 Å². The molecule has 0 aliphatic heterocycles. The molecule has 0 atom stereocenters. The number of hydrogen-bond acceptors (Lipinski definition) is 3. The number of ether oxygens (including phenoxy) is 1. The zero-order valence-corrected chi connectivity index (χ0v) is 12.7. The Morgan fingerprint density at radius 3 is 2.29 bits per heavy atom. The maximum absolute atomic E-state index is 8.81. The SMILES string of the molecule is CC(C)(C)c1ccc(COc2ccc(C#N)cc2N)cc1. The Labute approximate surface area is 126 Å². The van der Waals surface area contributed by atoms with Gasteiger partial charge in [0.2, 0.25) is 0 Å². The van der Waals surface area contributed by atoms with E-state index in [4.69, 9.17) is 15.7 Å². The van der Waals surface area contributed by atoms with Crippen LogP contribution in [0.15, 0.2) is 42.5 Å². The van der Waals surface area contributed by atoms with Crippen LogP contribution in [0, 0.1) is 11.3 Å². The molecule has 0 saturated carbocycles. The van der Waals surface area contributed by atoms with Crippen molar-refractivity contribution in [2.24, 2.45) is 0 Å². The van der Waals surface area contributed by atoms with Crippen LogP contribution in [-0.2, 0) is 12.0 Å². The van der Waals surface area contributed by atoms with E-state index in [1.807, 2.05) is 0 Å². The van der Waals surface area contributed by atoms with Crippen molar-refractivity contribution in [3.63, 3.8) is 0 Å². The van der Waals surface area contributed by atoms with Gasteiger partial charge in [-0.15, -0.1) is 0 Å². The number of nitrogens with two attached hydrogens (primary N) is 1. The lowest BCUT2D eigenvalue weighted by atomic mass is 9.87. The first-order valence-corrected chi connectivity index (χ1v) is 6.92. The Balaban J connectivity index is 2.05. The molecule has 0 aromatic heterocycles. The van der Waals surface area contributed by atoms with Crippen LogP contribution in [0.1, 0.15) is 37.5 Å². The average molecular weight is 280 g/mol. The summed E-state index contributed by atoms with van der Waals surface area (Å²) in [6, 6.07) is 15.5. The number of nitrogen functional groups attached to an aromatic ring is 1. The fourth-order valence-corrected chi connectivity index (χ4v) is 2.01. The molecule has 3 nitrogen and oxygen atoms in total. The highest BCUT2D eigenvalue weighted by atomic mass is 16.5. The minimum Gasteiger partial charge on any atom is -0.487 e. The van der Waals surface area contributed by atoms with Crippen LogP contribution >= 0.6 is 0 Å². The fourth-order valence-electron chi connectivity index (χ4n) is 2.01. The highest BCUT2D eigenvalue weighted by molar-refractivity contribution is 5.56. The van der Waals surface area contributed by atoms with Gasteiger partial charge in [-0.2, -0.15) is 5.26 Å². The summed E-state index contributed by atoms with van der Waals surface area (Å²) in [6.07, 6.45) is 0. The molecule has 0 heterocycles. The first kappa shape index (κ1) is 14.9. The van der Waals surface area contributed by atoms with Crippen LogP contribution in [-0.4, -0.2) is 0 Å². The predicted molar refractivity (Wildman–Crippen MR) is 85.0 cm³/mol. The molecule has 0 aliphatic carbocycles. The fraction of sp³-hybridized carbons (Fsp3) is 0.278. The largest absolute Gasteiger partial charge is 0.487 e. The van der Waals surface area contributed by atoms with Crippen molar-refractivity contribution in [1.29, 1.82) is 5.26 Å². The van der Waals surface area contributed by atoms with Gasteiger partial charge in [-0.25, -0.2) is 0 Å². The van der Waals surface area contributed by atoms with Crippen LogP contribution in [0.5, 0.6) is 5.75 Å². The van der Waals surface area contributed by atoms with E-state index in [0.717, 1.165) is 5.56 Å². The average Bonchev–Trinajstić information content (AvgIpc) is 2.45. The molecule has 0 spiro atoms. The van der Waals surface area contributed by atoms with Crippen LogP contribution in [0.25, 0.3) is 0 Å². The minimum absolute atomic E-state index is 0.150. The molecule has 0 fully saturated rings. The Hall–Kier alpha value is -2.47. The minimum atomic E-state index is 0.150. The molecule has 0 amide bonds. The number of hydrogen-bond donors (Lipinski definition) is 1. The van der Waals surface area contributed by atoms with Crippen LogP contribution in [0.2, 0.25) is 0 Å². The predicted octanol–water partition coefficient (Wildman–Crippen LogP) is 4.02. The molecule has 0 bridgehead atoms. The molecule has 0 unspecified atom stereocenters. The summed E-state index contributed by atoms with van der Waals surface area (Å²) in [5.74, 6) is 0.605. The maximum atomic E-state index is 8.81. The van der Waals surface area contributed by atoms with E-state index in [1.165, 1.54) is 5.56 Å². The summed E-state index contributed by atoms with van der Waals surface area (Å²) in [4.78, 5) is 0. The third-order valence-electron chi connectivity index (χ3n) is 3.35. The summed E-state index contributed by atoms with van der Waals surface area (Å²) in [6.45, 7) is 7.03. The second kappa shape index (κ2) is 5.88. The van der Waals surface area contributed by atoms with E-state index >= 15 is 0 Å². The topological polar surface area (TPSA) is 59.0 Å². The quantitative estimate of drug-likeness (QED) is 0.864. The summed E-state index contributed by atoms with van der Waals surface area (Å²) in [5, 5.41) is 8.81. The third kappa shape index (κ3) is 3.76. The van der Waals surface area contributed by atoms with Crippen molar-refractivity contribution in [2.45, 2.75) is 32.8 Å². The first-order valence-electron chi connectivity index (χ1n) is 6.92.